The van der Waals surface area contributed by atoms with Crippen LogP contribution in [0.25, 0.3) is 16.7 Å². The highest BCUT2D eigenvalue weighted by molar-refractivity contribution is 7.92. The smallest absolute Gasteiger partial charge is 0.268 e. The molecule has 3 aromatic rings. The maximum Gasteiger partial charge on any atom is 0.268 e. The number of phenolic OH excluding ortho intramolecular Hbond substituents is 2. The molecule has 0 amide bonds. The van der Waals surface area contributed by atoms with Crippen LogP contribution in [0.15, 0.2) is 54.2 Å². The van der Waals surface area contributed by atoms with Crippen molar-refractivity contribution in [2.45, 2.75) is 51.3 Å². The van der Waals surface area contributed by atoms with Gasteiger partial charge < -0.3 is 10.2 Å². The number of sulfonamides is 1. The molecule has 0 aliphatic rings. The number of hydrogen-bond donors (Lipinski definition) is 3. The molecule has 0 spiro atoms. The molecule has 1 aromatic heterocycles. The maximum atomic E-state index is 13.4. The second kappa shape index (κ2) is 10.0. The van der Waals surface area contributed by atoms with E-state index in [9.17, 15) is 18.6 Å². The van der Waals surface area contributed by atoms with Gasteiger partial charge >= 0.3 is 0 Å². The molecule has 3 rings (SSSR count). The van der Waals surface area contributed by atoms with Crippen molar-refractivity contribution >= 4 is 21.5 Å². The van der Waals surface area contributed by atoms with Crippen LogP contribution in [-0.2, 0) is 16.4 Å². The summed E-state index contributed by atoms with van der Waals surface area (Å²) in [4.78, 5) is 7.57. The van der Waals surface area contributed by atoms with E-state index in [0.717, 1.165) is 24.0 Å². The predicted molar refractivity (Wildman–Crippen MR) is 131 cm³/mol. The van der Waals surface area contributed by atoms with E-state index in [2.05, 4.69) is 21.3 Å². The van der Waals surface area contributed by atoms with Crippen LogP contribution in [-0.4, -0.2) is 28.6 Å². The Hall–Kier alpha value is -3.39. The van der Waals surface area contributed by atoms with E-state index >= 15 is 0 Å². The molecular formula is C25H29N3O4S. The first-order valence-corrected chi connectivity index (χ1v) is 12.3. The van der Waals surface area contributed by atoms with Gasteiger partial charge in [0.2, 0.25) is 5.95 Å². The van der Waals surface area contributed by atoms with Crippen molar-refractivity contribution in [3.63, 3.8) is 0 Å². The number of nitrogens with one attached hydrogen (secondary N) is 1. The van der Waals surface area contributed by atoms with E-state index in [0.29, 0.717) is 29.5 Å². The third-order valence-electron chi connectivity index (χ3n) is 5.32. The van der Waals surface area contributed by atoms with E-state index in [1.807, 2.05) is 32.9 Å². The Balaban J connectivity index is 2.27. The summed E-state index contributed by atoms with van der Waals surface area (Å²) in [6, 6.07) is 8.52. The van der Waals surface area contributed by atoms with Gasteiger partial charge in [0.25, 0.3) is 10.0 Å². The van der Waals surface area contributed by atoms with E-state index in [-0.39, 0.29) is 22.2 Å². The fourth-order valence-electron chi connectivity index (χ4n) is 3.77. The number of unbranched alkanes of at least 4 members (excludes halogenated alkanes) is 2. The molecule has 0 saturated carbocycles. The highest BCUT2D eigenvalue weighted by Crippen LogP contribution is 2.46. The van der Waals surface area contributed by atoms with Gasteiger partial charge in [-0.15, -0.1) is 0 Å². The average Bonchev–Trinajstić information content (AvgIpc) is 2.73. The van der Waals surface area contributed by atoms with Crippen molar-refractivity contribution in [3.05, 3.63) is 66.0 Å². The number of allylic oxidation sites excluding steroid dienone is 1. The highest BCUT2D eigenvalue weighted by atomic mass is 32.2. The van der Waals surface area contributed by atoms with Crippen LogP contribution in [0.1, 0.15) is 49.8 Å². The number of nitrogens with zero attached hydrogens (tertiary/aromatic N) is 2. The molecule has 0 radical (unpaired) electrons. The maximum absolute atomic E-state index is 13.4. The topological polar surface area (TPSA) is 112 Å². The molecule has 0 unspecified atom stereocenters. The summed E-state index contributed by atoms with van der Waals surface area (Å²) in [6.45, 7) is 9.72. The standard InChI is InChI=1S/C25H29N3O4S/c1-5-6-7-9-18-15-21(29)22(20-14-17(4)10-11-19(20)16(2)3)23(30)24(18)33(31,32)28-25-26-12-8-13-27-25/h8,10-15,29-30H,2,5-7,9H2,1,3-4H3,(H,26,27,28). The number of anilines is 1. The molecule has 8 heteroatoms. The molecule has 0 fully saturated rings. The van der Waals surface area contributed by atoms with Gasteiger partial charge in [-0.3, -0.25) is 0 Å². The molecule has 3 N–H and O–H groups in total. The van der Waals surface area contributed by atoms with Gasteiger partial charge in [0.15, 0.2) is 0 Å². The Morgan fingerprint density at radius 1 is 1.12 bits per heavy atom. The minimum Gasteiger partial charge on any atom is -0.507 e. The third kappa shape index (κ3) is 5.34. The first-order valence-electron chi connectivity index (χ1n) is 10.8. The Morgan fingerprint density at radius 3 is 2.45 bits per heavy atom. The number of benzene rings is 2. The summed E-state index contributed by atoms with van der Waals surface area (Å²) in [5.74, 6) is -0.816. The third-order valence-corrected chi connectivity index (χ3v) is 6.77. The second-order valence-corrected chi connectivity index (χ2v) is 9.69. The second-order valence-electron chi connectivity index (χ2n) is 8.07. The van der Waals surface area contributed by atoms with Crippen LogP contribution in [0.3, 0.4) is 0 Å². The normalized spacial score (nSPS) is 11.4. The Labute approximate surface area is 194 Å². The van der Waals surface area contributed by atoms with E-state index < -0.39 is 15.8 Å². The summed E-state index contributed by atoms with van der Waals surface area (Å²) < 4.78 is 29.2. The van der Waals surface area contributed by atoms with Crippen molar-refractivity contribution in [1.82, 2.24) is 9.97 Å². The van der Waals surface area contributed by atoms with Gasteiger partial charge in [0, 0.05) is 12.4 Å². The van der Waals surface area contributed by atoms with Gasteiger partial charge in [0.05, 0.1) is 5.56 Å². The first-order chi connectivity index (χ1) is 15.7. The Bertz CT molecular complexity index is 1270. The summed E-state index contributed by atoms with van der Waals surface area (Å²) in [5.41, 5.74) is 3.19. The molecule has 0 bridgehead atoms. The summed E-state index contributed by atoms with van der Waals surface area (Å²) in [5, 5.41) is 22.3. The minimum absolute atomic E-state index is 0.0466. The fraction of sp³-hybridized carbons (Fsp3) is 0.280. The van der Waals surface area contributed by atoms with Crippen molar-refractivity contribution in [2.24, 2.45) is 0 Å². The van der Waals surface area contributed by atoms with Crippen LogP contribution in [0.2, 0.25) is 0 Å². The largest absolute Gasteiger partial charge is 0.507 e. The quantitative estimate of drug-likeness (QED) is 0.362. The molecule has 0 atom stereocenters. The summed E-state index contributed by atoms with van der Waals surface area (Å²) in [7, 11) is -4.26. The van der Waals surface area contributed by atoms with Gasteiger partial charge in [-0.25, -0.2) is 23.1 Å². The molecule has 0 saturated heterocycles. The molecule has 33 heavy (non-hydrogen) atoms. The van der Waals surface area contributed by atoms with Gasteiger partial charge in [-0.05, 0) is 55.5 Å². The van der Waals surface area contributed by atoms with Gasteiger partial charge in [0.1, 0.15) is 16.4 Å². The number of aryl methyl sites for hydroxylation is 2. The fourth-order valence-corrected chi connectivity index (χ4v) is 5.08. The van der Waals surface area contributed by atoms with Crippen molar-refractivity contribution in [1.29, 1.82) is 0 Å². The lowest BCUT2D eigenvalue weighted by atomic mass is 9.91. The number of aromatic nitrogens is 2. The van der Waals surface area contributed by atoms with E-state index in [4.69, 9.17) is 0 Å². The number of aromatic hydroxyl groups is 2. The number of hydrogen-bond acceptors (Lipinski definition) is 6. The first kappa shape index (κ1) is 24.3. The highest BCUT2D eigenvalue weighted by Gasteiger charge is 2.29. The zero-order chi connectivity index (χ0) is 24.2. The van der Waals surface area contributed by atoms with Crippen LogP contribution in [0, 0.1) is 6.92 Å². The summed E-state index contributed by atoms with van der Waals surface area (Å²) in [6.07, 6.45) is 5.75. The van der Waals surface area contributed by atoms with Crippen molar-refractivity contribution in [2.75, 3.05) is 4.72 Å². The van der Waals surface area contributed by atoms with E-state index in [1.165, 1.54) is 18.5 Å². The van der Waals surface area contributed by atoms with Crippen LogP contribution in [0.5, 0.6) is 11.5 Å². The zero-order valence-electron chi connectivity index (χ0n) is 19.1. The lowest BCUT2D eigenvalue weighted by Gasteiger charge is -2.19. The Morgan fingerprint density at radius 2 is 1.82 bits per heavy atom. The molecule has 7 nitrogen and oxygen atoms in total. The van der Waals surface area contributed by atoms with Gasteiger partial charge in [-0.2, -0.15) is 0 Å². The predicted octanol–water partition coefficient (Wildman–Crippen LogP) is 5.43. The van der Waals surface area contributed by atoms with Crippen molar-refractivity contribution < 1.29 is 18.6 Å². The summed E-state index contributed by atoms with van der Waals surface area (Å²) >= 11 is 0. The molecule has 174 valence electrons. The van der Waals surface area contributed by atoms with Crippen LogP contribution < -0.4 is 4.72 Å². The minimum atomic E-state index is -4.26. The van der Waals surface area contributed by atoms with Crippen LogP contribution >= 0.6 is 0 Å². The molecule has 0 aliphatic carbocycles. The number of phenols is 2. The van der Waals surface area contributed by atoms with E-state index in [1.54, 1.807) is 12.1 Å². The lowest BCUT2D eigenvalue weighted by Crippen LogP contribution is -2.17. The van der Waals surface area contributed by atoms with Crippen molar-refractivity contribution in [3.8, 4) is 22.6 Å². The van der Waals surface area contributed by atoms with Crippen LogP contribution in [0.4, 0.5) is 5.95 Å². The van der Waals surface area contributed by atoms with Gasteiger partial charge in [-0.1, -0.05) is 55.7 Å². The average molecular weight is 468 g/mol. The SMILES string of the molecule is C=C(C)c1ccc(C)cc1-c1c(O)cc(CCCCC)c(S(=O)(=O)Nc2ncccn2)c1O. The molecule has 2 aromatic carbocycles. The Kier molecular flexibility index (Phi) is 7.38. The number of rotatable bonds is 9. The zero-order valence-corrected chi connectivity index (χ0v) is 19.9. The molecule has 0 aliphatic heterocycles. The molecular weight excluding hydrogens is 438 g/mol. The lowest BCUT2D eigenvalue weighted by molar-refractivity contribution is 0.440. The molecule has 1 heterocycles. The monoisotopic (exact) mass is 467 g/mol.